The van der Waals surface area contributed by atoms with Crippen LogP contribution in [0.25, 0.3) is 0 Å². The van der Waals surface area contributed by atoms with Crippen molar-refractivity contribution in [1.29, 1.82) is 5.26 Å². The summed E-state index contributed by atoms with van der Waals surface area (Å²) >= 11 is 0. The molecule has 0 fully saturated rings. The molecule has 0 radical (unpaired) electrons. The van der Waals surface area contributed by atoms with Gasteiger partial charge in [0.15, 0.2) is 0 Å². The summed E-state index contributed by atoms with van der Waals surface area (Å²) in [5.74, 6) is 0.329. The van der Waals surface area contributed by atoms with Crippen LogP contribution in [0.3, 0.4) is 0 Å². The van der Waals surface area contributed by atoms with Gasteiger partial charge in [-0.3, -0.25) is 10.1 Å². The number of aromatic nitrogens is 1. The molecule has 96 valence electrons. The van der Waals surface area contributed by atoms with E-state index in [1.807, 2.05) is 19.9 Å². The molecule has 7 nitrogen and oxygen atoms in total. The topological polar surface area (TPSA) is 101 Å². The lowest BCUT2D eigenvalue weighted by Gasteiger charge is -2.09. The minimum Gasteiger partial charge on any atom is -0.377 e. The Kier molecular flexibility index (Phi) is 5.02. The Morgan fingerprint density at radius 2 is 2.39 bits per heavy atom. The molecule has 0 aliphatic rings. The van der Waals surface area contributed by atoms with Gasteiger partial charge >= 0.3 is 0 Å². The molecule has 1 N–H and O–H groups in total. The van der Waals surface area contributed by atoms with E-state index in [1.54, 1.807) is 0 Å². The van der Waals surface area contributed by atoms with Gasteiger partial charge in [0.25, 0.3) is 5.69 Å². The fourth-order valence-electron chi connectivity index (χ4n) is 1.24. The molecule has 0 saturated heterocycles. The van der Waals surface area contributed by atoms with E-state index in [4.69, 9.17) is 10.00 Å². The monoisotopic (exact) mass is 250 g/mol. The van der Waals surface area contributed by atoms with E-state index in [1.165, 1.54) is 6.07 Å². The maximum atomic E-state index is 10.5. The number of hydrogen-bond acceptors (Lipinski definition) is 6. The molecule has 0 unspecified atom stereocenters. The van der Waals surface area contributed by atoms with Gasteiger partial charge in [-0.2, -0.15) is 5.26 Å². The summed E-state index contributed by atoms with van der Waals surface area (Å²) in [6.45, 7) is 4.80. The lowest BCUT2D eigenvalue weighted by molar-refractivity contribution is -0.385. The summed E-state index contributed by atoms with van der Waals surface area (Å²) in [7, 11) is 0. The highest BCUT2D eigenvalue weighted by Crippen LogP contribution is 2.17. The minimum atomic E-state index is -0.584. The first kappa shape index (κ1) is 13.9. The maximum Gasteiger partial charge on any atom is 0.289 e. The van der Waals surface area contributed by atoms with Crippen molar-refractivity contribution in [1.82, 2.24) is 4.98 Å². The average molecular weight is 250 g/mol. The molecule has 1 aromatic heterocycles. The van der Waals surface area contributed by atoms with Crippen molar-refractivity contribution in [3.05, 3.63) is 27.9 Å². The molecular weight excluding hydrogens is 236 g/mol. The zero-order chi connectivity index (χ0) is 13.5. The molecule has 0 aliphatic heterocycles. The van der Waals surface area contributed by atoms with E-state index in [-0.39, 0.29) is 17.4 Å². The predicted octanol–water partition coefficient (Wildman–Crippen LogP) is 1.70. The van der Waals surface area contributed by atoms with Crippen LogP contribution < -0.4 is 5.32 Å². The second kappa shape index (κ2) is 6.51. The normalized spacial score (nSPS) is 10.1. The number of pyridine rings is 1. The zero-order valence-electron chi connectivity index (χ0n) is 10.2. The van der Waals surface area contributed by atoms with Gasteiger partial charge in [0.2, 0.25) is 0 Å². The quantitative estimate of drug-likeness (QED) is 0.468. The number of anilines is 1. The van der Waals surface area contributed by atoms with Crippen molar-refractivity contribution in [2.24, 2.45) is 0 Å². The summed E-state index contributed by atoms with van der Waals surface area (Å²) in [4.78, 5) is 13.8. The lowest BCUT2D eigenvalue weighted by atomic mass is 10.2. The van der Waals surface area contributed by atoms with Crippen LogP contribution in [0.2, 0.25) is 0 Å². The summed E-state index contributed by atoms with van der Waals surface area (Å²) < 4.78 is 5.32. The highest BCUT2D eigenvalue weighted by molar-refractivity contribution is 5.55. The first-order valence-electron chi connectivity index (χ1n) is 5.44. The maximum absolute atomic E-state index is 10.5. The van der Waals surface area contributed by atoms with Gasteiger partial charge in [-0.1, -0.05) is 0 Å². The third-order valence-electron chi connectivity index (χ3n) is 2.05. The Hall–Kier alpha value is -2.20. The molecule has 18 heavy (non-hydrogen) atoms. The van der Waals surface area contributed by atoms with Gasteiger partial charge in [-0.15, -0.1) is 0 Å². The lowest BCUT2D eigenvalue weighted by Crippen LogP contribution is -2.14. The first-order chi connectivity index (χ1) is 8.54. The number of rotatable bonds is 6. The molecule has 0 aliphatic carbocycles. The van der Waals surface area contributed by atoms with Gasteiger partial charge in [-0.05, 0) is 13.8 Å². The van der Waals surface area contributed by atoms with Gasteiger partial charge in [0.05, 0.1) is 17.6 Å². The Morgan fingerprint density at radius 1 is 1.67 bits per heavy atom. The number of nitro groups is 1. The predicted molar refractivity (Wildman–Crippen MR) is 65.2 cm³/mol. The summed E-state index contributed by atoms with van der Waals surface area (Å²) in [6, 6.07) is 3.06. The number of nitrogens with zero attached hydrogens (tertiary/aromatic N) is 3. The number of nitriles is 1. The standard InChI is InChI=1S/C11H14N4O3/c1-8(2)18-4-3-13-11-9(6-12)5-10(7-14-11)15(16)17/h5,7-8H,3-4H2,1-2H3,(H,13,14). The van der Waals surface area contributed by atoms with Crippen LogP contribution >= 0.6 is 0 Å². The fourth-order valence-corrected chi connectivity index (χ4v) is 1.24. The molecule has 0 spiro atoms. The third kappa shape index (κ3) is 3.99. The molecule has 1 aromatic rings. The smallest absolute Gasteiger partial charge is 0.289 e. The van der Waals surface area contributed by atoms with E-state index in [0.29, 0.717) is 19.0 Å². The zero-order valence-corrected chi connectivity index (χ0v) is 10.2. The molecular formula is C11H14N4O3. The van der Waals surface area contributed by atoms with Crippen molar-refractivity contribution in [2.75, 3.05) is 18.5 Å². The van der Waals surface area contributed by atoms with Crippen LogP contribution in [-0.4, -0.2) is 29.2 Å². The molecule has 7 heteroatoms. The van der Waals surface area contributed by atoms with Crippen LogP contribution in [0.15, 0.2) is 12.3 Å². The Labute approximate surface area is 105 Å². The highest BCUT2D eigenvalue weighted by Gasteiger charge is 2.11. The van der Waals surface area contributed by atoms with Crippen molar-refractivity contribution < 1.29 is 9.66 Å². The number of hydrogen-bond donors (Lipinski definition) is 1. The van der Waals surface area contributed by atoms with Gasteiger partial charge in [-0.25, -0.2) is 4.98 Å². The molecule has 1 heterocycles. The van der Waals surface area contributed by atoms with Crippen LogP contribution in [-0.2, 0) is 4.74 Å². The fraction of sp³-hybridized carbons (Fsp3) is 0.455. The molecule has 0 bridgehead atoms. The van der Waals surface area contributed by atoms with Crippen molar-refractivity contribution in [2.45, 2.75) is 20.0 Å². The van der Waals surface area contributed by atoms with Crippen molar-refractivity contribution in [3.63, 3.8) is 0 Å². The van der Waals surface area contributed by atoms with Gasteiger partial charge < -0.3 is 10.1 Å². The van der Waals surface area contributed by atoms with E-state index in [0.717, 1.165) is 6.20 Å². The van der Waals surface area contributed by atoms with E-state index < -0.39 is 4.92 Å². The van der Waals surface area contributed by atoms with Crippen LogP contribution in [0.1, 0.15) is 19.4 Å². The number of ether oxygens (including phenoxy) is 1. The van der Waals surface area contributed by atoms with E-state index in [2.05, 4.69) is 10.3 Å². The van der Waals surface area contributed by atoms with Gasteiger partial charge in [0.1, 0.15) is 23.6 Å². The van der Waals surface area contributed by atoms with E-state index in [9.17, 15) is 10.1 Å². The Morgan fingerprint density at radius 3 is 2.94 bits per heavy atom. The second-order valence-electron chi connectivity index (χ2n) is 3.80. The average Bonchev–Trinajstić information content (AvgIpc) is 2.34. The van der Waals surface area contributed by atoms with Gasteiger partial charge in [0, 0.05) is 12.6 Å². The van der Waals surface area contributed by atoms with Crippen LogP contribution in [0, 0.1) is 21.4 Å². The minimum absolute atomic E-state index is 0.132. The number of nitrogens with one attached hydrogen (secondary N) is 1. The molecule has 0 atom stereocenters. The second-order valence-corrected chi connectivity index (χ2v) is 3.80. The summed E-state index contributed by atoms with van der Waals surface area (Å²) in [5.41, 5.74) is -0.0516. The van der Waals surface area contributed by atoms with Crippen LogP contribution in [0.4, 0.5) is 11.5 Å². The molecule has 0 aromatic carbocycles. The summed E-state index contributed by atoms with van der Waals surface area (Å²) in [6.07, 6.45) is 1.25. The Bertz CT molecular complexity index is 468. The Balaban J connectivity index is 2.66. The molecule has 1 rings (SSSR count). The largest absolute Gasteiger partial charge is 0.377 e. The molecule has 0 amide bonds. The third-order valence-corrected chi connectivity index (χ3v) is 2.05. The van der Waals surface area contributed by atoms with Crippen LogP contribution in [0.5, 0.6) is 0 Å². The highest BCUT2D eigenvalue weighted by atomic mass is 16.6. The summed E-state index contributed by atoms with van der Waals surface area (Å²) in [5, 5.41) is 22.3. The van der Waals surface area contributed by atoms with Crippen molar-refractivity contribution >= 4 is 11.5 Å². The van der Waals surface area contributed by atoms with Crippen molar-refractivity contribution in [3.8, 4) is 6.07 Å². The molecule has 0 saturated carbocycles. The van der Waals surface area contributed by atoms with E-state index >= 15 is 0 Å². The SMILES string of the molecule is CC(C)OCCNc1ncc([N+](=O)[O-])cc1C#N. The first-order valence-corrected chi connectivity index (χ1v) is 5.44.